The Hall–Kier alpha value is -1.83. The van der Waals surface area contributed by atoms with Crippen molar-refractivity contribution in [3.05, 3.63) is 59.9 Å². The first-order chi connectivity index (χ1) is 7.86. The van der Waals surface area contributed by atoms with E-state index >= 15 is 0 Å². The first kappa shape index (κ1) is 10.7. The number of aliphatic imine (C=N–C) groups is 1. The zero-order valence-corrected chi connectivity index (χ0v) is 9.50. The molecule has 2 heteroatoms. The Morgan fingerprint density at radius 2 is 1.94 bits per heavy atom. The molecule has 0 saturated carbocycles. The lowest BCUT2D eigenvalue weighted by Gasteiger charge is -1.97. The molecule has 1 heterocycles. The molecule has 0 amide bonds. The molecular weight excluding hydrogens is 196 g/mol. The fourth-order valence-corrected chi connectivity index (χ4v) is 1.60. The molecule has 16 heavy (non-hydrogen) atoms. The Bertz CT molecular complexity index is 455. The third kappa shape index (κ3) is 2.83. The average molecular weight is 212 g/mol. The molecule has 0 saturated heterocycles. The van der Waals surface area contributed by atoms with E-state index in [0.29, 0.717) is 0 Å². The van der Waals surface area contributed by atoms with E-state index in [1.165, 1.54) is 5.56 Å². The van der Waals surface area contributed by atoms with Gasteiger partial charge in [-0.15, -0.1) is 0 Å². The van der Waals surface area contributed by atoms with E-state index < -0.39 is 0 Å². The van der Waals surface area contributed by atoms with Crippen LogP contribution in [0.2, 0.25) is 0 Å². The summed E-state index contributed by atoms with van der Waals surface area (Å²) in [6.45, 7) is 0.842. The standard InChI is InChI=1S/C14H16N2/c1-16-11-5-8-14(16)12-15-10-9-13-6-3-2-4-7-13/h2-8,11-12H,9-10H2,1H3. The van der Waals surface area contributed by atoms with Crippen LogP contribution in [0.4, 0.5) is 0 Å². The molecule has 1 aromatic heterocycles. The van der Waals surface area contributed by atoms with E-state index in [9.17, 15) is 0 Å². The zero-order chi connectivity index (χ0) is 11.2. The van der Waals surface area contributed by atoms with Crippen LogP contribution in [0.3, 0.4) is 0 Å². The summed E-state index contributed by atoms with van der Waals surface area (Å²) >= 11 is 0. The second-order valence-corrected chi connectivity index (χ2v) is 3.81. The van der Waals surface area contributed by atoms with Crippen molar-refractivity contribution in [3.63, 3.8) is 0 Å². The summed E-state index contributed by atoms with van der Waals surface area (Å²) in [4.78, 5) is 4.42. The molecule has 2 rings (SSSR count). The van der Waals surface area contributed by atoms with Gasteiger partial charge in [0.05, 0.1) is 5.69 Å². The van der Waals surface area contributed by atoms with Gasteiger partial charge in [-0.1, -0.05) is 30.3 Å². The second kappa shape index (κ2) is 5.31. The quantitative estimate of drug-likeness (QED) is 0.693. The van der Waals surface area contributed by atoms with E-state index in [1.54, 1.807) is 0 Å². The Balaban J connectivity index is 1.85. The maximum absolute atomic E-state index is 4.42. The number of rotatable bonds is 4. The van der Waals surface area contributed by atoms with Gasteiger partial charge in [0, 0.05) is 26.0 Å². The summed E-state index contributed by atoms with van der Waals surface area (Å²) < 4.78 is 2.06. The summed E-state index contributed by atoms with van der Waals surface area (Å²) in [6.07, 6.45) is 4.96. The lowest BCUT2D eigenvalue weighted by molar-refractivity contribution is 0.912. The van der Waals surface area contributed by atoms with Gasteiger partial charge < -0.3 is 4.57 Å². The molecule has 2 nitrogen and oxygen atoms in total. The topological polar surface area (TPSA) is 17.3 Å². The van der Waals surface area contributed by atoms with Crippen LogP contribution >= 0.6 is 0 Å². The SMILES string of the molecule is Cn1cccc1C=NCCc1ccccc1. The van der Waals surface area contributed by atoms with Crippen molar-refractivity contribution in [2.75, 3.05) is 6.54 Å². The van der Waals surface area contributed by atoms with Crippen LogP contribution < -0.4 is 0 Å². The van der Waals surface area contributed by atoms with Crippen LogP contribution in [0.1, 0.15) is 11.3 Å². The van der Waals surface area contributed by atoms with Crippen molar-refractivity contribution in [1.82, 2.24) is 4.57 Å². The summed E-state index contributed by atoms with van der Waals surface area (Å²) in [7, 11) is 2.03. The molecule has 0 fully saturated rings. The molecular formula is C14H16N2. The molecule has 0 spiro atoms. The fourth-order valence-electron chi connectivity index (χ4n) is 1.60. The number of aryl methyl sites for hydroxylation is 1. The maximum atomic E-state index is 4.42. The molecule has 82 valence electrons. The third-order valence-electron chi connectivity index (χ3n) is 2.58. The highest BCUT2D eigenvalue weighted by molar-refractivity contribution is 5.77. The van der Waals surface area contributed by atoms with Gasteiger partial charge in [-0.25, -0.2) is 0 Å². The molecule has 0 aliphatic heterocycles. The molecule has 0 aliphatic carbocycles. The van der Waals surface area contributed by atoms with Gasteiger partial charge in [0.2, 0.25) is 0 Å². The predicted molar refractivity (Wildman–Crippen MR) is 68.0 cm³/mol. The van der Waals surface area contributed by atoms with E-state index in [-0.39, 0.29) is 0 Å². The molecule has 0 radical (unpaired) electrons. The molecule has 0 unspecified atom stereocenters. The van der Waals surface area contributed by atoms with Crippen molar-refractivity contribution >= 4 is 6.21 Å². The summed E-state index contributed by atoms with van der Waals surface area (Å²) in [5.41, 5.74) is 2.49. The lowest BCUT2D eigenvalue weighted by Crippen LogP contribution is -1.95. The highest BCUT2D eigenvalue weighted by Crippen LogP contribution is 2.00. The van der Waals surface area contributed by atoms with Crippen LogP contribution in [-0.4, -0.2) is 17.3 Å². The van der Waals surface area contributed by atoms with E-state index in [2.05, 4.69) is 39.9 Å². The van der Waals surface area contributed by atoms with Gasteiger partial charge >= 0.3 is 0 Å². The monoisotopic (exact) mass is 212 g/mol. The number of hydrogen-bond donors (Lipinski definition) is 0. The smallest absolute Gasteiger partial charge is 0.0585 e. The third-order valence-corrected chi connectivity index (χ3v) is 2.58. The maximum Gasteiger partial charge on any atom is 0.0585 e. The largest absolute Gasteiger partial charge is 0.350 e. The Kier molecular flexibility index (Phi) is 3.54. The molecule has 1 aromatic carbocycles. The first-order valence-electron chi connectivity index (χ1n) is 5.51. The molecule has 0 N–H and O–H groups in total. The number of nitrogens with zero attached hydrogens (tertiary/aromatic N) is 2. The van der Waals surface area contributed by atoms with Crippen LogP contribution in [0.25, 0.3) is 0 Å². The van der Waals surface area contributed by atoms with Gasteiger partial charge in [-0.2, -0.15) is 0 Å². The van der Waals surface area contributed by atoms with Gasteiger partial charge in [0.1, 0.15) is 0 Å². The Morgan fingerprint density at radius 3 is 2.62 bits per heavy atom. The number of hydrogen-bond acceptors (Lipinski definition) is 1. The first-order valence-corrected chi connectivity index (χ1v) is 5.51. The van der Waals surface area contributed by atoms with Crippen molar-refractivity contribution in [2.45, 2.75) is 6.42 Å². The zero-order valence-electron chi connectivity index (χ0n) is 9.50. The van der Waals surface area contributed by atoms with Crippen molar-refractivity contribution in [3.8, 4) is 0 Å². The van der Waals surface area contributed by atoms with E-state index in [0.717, 1.165) is 18.7 Å². The fraction of sp³-hybridized carbons (Fsp3) is 0.214. The van der Waals surface area contributed by atoms with Crippen molar-refractivity contribution < 1.29 is 0 Å². The minimum absolute atomic E-state index is 0.842. The summed E-state index contributed by atoms with van der Waals surface area (Å²) in [5, 5.41) is 0. The van der Waals surface area contributed by atoms with Crippen molar-refractivity contribution in [2.24, 2.45) is 12.0 Å². The van der Waals surface area contributed by atoms with Gasteiger partial charge in [-0.05, 0) is 24.1 Å². The minimum Gasteiger partial charge on any atom is -0.350 e. The normalized spacial score (nSPS) is 11.1. The minimum atomic E-state index is 0.842. The van der Waals surface area contributed by atoms with Gasteiger partial charge in [0.25, 0.3) is 0 Å². The Morgan fingerprint density at radius 1 is 1.12 bits per heavy atom. The molecule has 2 aromatic rings. The average Bonchev–Trinajstić information content (AvgIpc) is 2.72. The summed E-state index contributed by atoms with van der Waals surface area (Å²) in [6, 6.07) is 14.5. The second-order valence-electron chi connectivity index (χ2n) is 3.81. The lowest BCUT2D eigenvalue weighted by atomic mass is 10.2. The molecule has 0 bridgehead atoms. The van der Waals surface area contributed by atoms with Crippen LogP contribution in [-0.2, 0) is 13.5 Å². The van der Waals surface area contributed by atoms with Crippen LogP contribution in [0, 0.1) is 0 Å². The van der Waals surface area contributed by atoms with E-state index in [1.807, 2.05) is 31.6 Å². The van der Waals surface area contributed by atoms with Crippen molar-refractivity contribution in [1.29, 1.82) is 0 Å². The highest BCUT2D eigenvalue weighted by atomic mass is 14.9. The van der Waals surface area contributed by atoms with Crippen LogP contribution in [0.15, 0.2) is 53.7 Å². The highest BCUT2D eigenvalue weighted by Gasteiger charge is 1.91. The predicted octanol–water partition coefficient (Wildman–Crippen LogP) is 2.69. The van der Waals surface area contributed by atoms with Gasteiger partial charge in [0.15, 0.2) is 0 Å². The number of aromatic nitrogens is 1. The Labute approximate surface area is 96.3 Å². The number of benzene rings is 1. The van der Waals surface area contributed by atoms with Crippen LogP contribution in [0.5, 0.6) is 0 Å². The molecule has 0 aliphatic rings. The summed E-state index contributed by atoms with van der Waals surface area (Å²) in [5.74, 6) is 0. The van der Waals surface area contributed by atoms with E-state index in [4.69, 9.17) is 0 Å². The van der Waals surface area contributed by atoms with Gasteiger partial charge in [-0.3, -0.25) is 4.99 Å². The molecule has 0 atom stereocenters.